The predicted octanol–water partition coefficient (Wildman–Crippen LogP) is 2.65. The molecular formula is C22H22N2O4. The summed E-state index contributed by atoms with van der Waals surface area (Å²) < 4.78 is 7.00. The van der Waals surface area contributed by atoms with E-state index in [0.29, 0.717) is 12.0 Å². The normalized spacial score (nSPS) is 11.8. The molecule has 28 heavy (non-hydrogen) atoms. The van der Waals surface area contributed by atoms with E-state index in [1.165, 1.54) is 6.92 Å². The van der Waals surface area contributed by atoms with Gasteiger partial charge in [0.05, 0.1) is 11.6 Å². The molecule has 1 heterocycles. The first-order valence-electron chi connectivity index (χ1n) is 9.00. The van der Waals surface area contributed by atoms with Crippen molar-refractivity contribution in [1.82, 2.24) is 9.88 Å². The smallest absolute Gasteiger partial charge is 0.340 e. The number of carbonyl (C=O) groups excluding carboxylic acids is 3. The molecule has 0 spiro atoms. The summed E-state index contributed by atoms with van der Waals surface area (Å²) in [5.41, 5.74) is 2.24. The third-order valence-electron chi connectivity index (χ3n) is 4.56. The van der Waals surface area contributed by atoms with Crippen molar-refractivity contribution in [2.75, 3.05) is 6.61 Å². The van der Waals surface area contributed by atoms with Gasteiger partial charge in [-0.2, -0.15) is 0 Å². The molecule has 6 heteroatoms. The van der Waals surface area contributed by atoms with Crippen molar-refractivity contribution in [3.05, 3.63) is 71.9 Å². The Labute approximate surface area is 163 Å². The first-order chi connectivity index (χ1) is 13.5. The maximum Gasteiger partial charge on any atom is 0.340 e. The number of para-hydroxylation sites is 1. The molecule has 0 fully saturated rings. The molecule has 0 radical (unpaired) electrons. The summed E-state index contributed by atoms with van der Waals surface area (Å²) in [6, 6.07) is 16.2. The molecule has 0 unspecified atom stereocenters. The number of carbonyl (C=O) groups is 3. The number of fused-ring (bicyclic) bond motifs is 1. The van der Waals surface area contributed by atoms with Crippen LogP contribution in [0, 0.1) is 0 Å². The molecule has 3 rings (SSSR count). The number of ether oxygens (including phenoxy) is 1. The van der Waals surface area contributed by atoms with Crippen LogP contribution in [-0.2, 0) is 27.8 Å². The number of aromatic nitrogens is 1. The maximum absolute atomic E-state index is 12.4. The Morgan fingerprint density at radius 3 is 2.43 bits per heavy atom. The molecule has 0 aliphatic rings. The monoisotopic (exact) mass is 378 g/mol. The van der Waals surface area contributed by atoms with E-state index in [1.54, 1.807) is 6.20 Å². The van der Waals surface area contributed by atoms with Crippen molar-refractivity contribution < 1.29 is 19.1 Å². The van der Waals surface area contributed by atoms with Crippen molar-refractivity contribution in [2.45, 2.75) is 19.4 Å². The van der Waals surface area contributed by atoms with Gasteiger partial charge >= 0.3 is 5.97 Å². The largest absolute Gasteiger partial charge is 0.452 e. The number of hydrogen-bond acceptors (Lipinski definition) is 4. The fourth-order valence-electron chi connectivity index (χ4n) is 3.10. The molecule has 1 amide bonds. The van der Waals surface area contributed by atoms with Crippen LogP contribution in [0.3, 0.4) is 0 Å². The third-order valence-corrected chi connectivity index (χ3v) is 4.56. The minimum atomic E-state index is -0.661. The number of ketones is 1. The summed E-state index contributed by atoms with van der Waals surface area (Å²) in [6.07, 6.45) is 2.07. The average Bonchev–Trinajstić information content (AvgIpc) is 3.03. The van der Waals surface area contributed by atoms with Gasteiger partial charge in [0.15, 0.2) is 12.4 Å². The lowest BCUT2D eigenvalue weighted by Crippen LogP contribution is -2.43. The van der Waals surface area contributed by atoms with Gasteiger partial charge in [0.2, 0.25) is 0 Å². The highest BCUT2D eigenvalue weighted by atomic mass is 16.5. The third kappa shape index (κ3) is 4.46. The number of rotatable bonds is 7. The Bertz CT molecular complexity index is 1010. The molecule has 0 aliphatic heterocycles. The summed E-state index contributed by atoms with van der Waals surface area (Å²) in [4.78, 5) is 36.5. The van der Waals surface area contributed by atoms with Crippen molar-refractivity contribution >= 4 is 28.6 Å². The van der Waals surface area contributed by atoms with Gasteiger partial charge in [-0.1, -0.05) is 48.5 Å². The van der Waals surface area contributed by atoms with Crippen LogP contribution in [0.4, 0.5) is 0 Å². The fourth-order valence-corrected chi connectivity index (χ4v) is 3.10. The number of hydrogen-bond donors (Lipinski definition) is 1. The van der Waals surface area contributed by atoms with Crippen LogP contribution in [-0.4, -0.2) is 34.9 Å². The number of amides is 1. The molecule has 2 aromatic carbocycles. The summed E-state index contributed by atoms with van der Waals surface area (Å²) in [7, 11) is 1.84. The molecule has 6 nitrogen and oxygen atoms in total. The standard InChI is InChI=1S/C22H22N2O4/c1-15(25)19(12-16-8-4-3-5-9-16)23-21(26)14-28-22(27)18-13-24(2)20-11-7-6-10-17(18)20/h3-11,13,19H,12,14H2,1-2H3,(H,23,26)/t19-/m1/s1. The highest BCUT2D eigenvalue weighted by Crippen LogP contribution is 2.20. The van der Waals surface area contributed by atoms with E-state index in [9.17, 15) is 14.4 Å². The number of esters is 1. The van der Waals surface area contributed by atoms with Crippen molar-refractivity contribution in [2.24, 2.45) is 7.05 Å². The zero-order valence-electron chi connectivity index (χ0n) is 15.8. The Morgan fingerprint density at radius 1 is 1.04 bits per heavy atom. The van der Waals surface area contributed by atoms with E-state index in [1.807, 2.05) is 66.2 Å². The molecule has 0 bridgehead atoms. The number of Topliss-reactive ketones (excluding diaryl/α,β-unsaturated/α-hetero) is 1. The Kier molecular flexibility index (Phi) is 5.89. The van der Waals surface area contributed by atoms with Gasteiger partial charge in [-0.05, 0) is 25.0 Å². The van der Waals surface area contributed by atoms with E-state index in [-0.39, 0.29) is 5.78 Å². The Balaban J connectivity index is 1.61. The minimum absolute atomic E-state index is 0.155. The van der Waals surface area contributed by atoms with Gasteiger partial charge in [0, 0.05) is 24.1 Å². The molecule has 0 aliphatic carbocycles. The van der Waals surface area contributed by atoms with Crippen LogP contribution in [0.15, 0.2) is 60.8 Å². The van der Waals surface area contributed by atoms with Crippen molar-refractivity contribution in [3.63, 3.8) is 0 Å². The first kappa shape index (κ1) is 19.4. The van der Waals surface area contributed by atoms with Crippen LogP contribution in [0.5, 0.6) is 0 Å². The second-order valence-corrected chi connectivity index (χ2v) is 6.67. The number of nitrogens with zero attached hydrogens (tertiary/aromatic N) is 1. The molecule has 0 saturated heterocycles. The minimum Gasteiger partial charge on any atom is -0.452 e. The van der Waals surface area contributed by atoms with Crippen molar-refractivity contribution in [1.29, 1.82) is 0 Å². The summed E-state index contributed by atoms with van der Waals surface area (Å²) in [5, 5.41) is 3.41. The number of aryl methyl sites for hydroxylation is 1. The van der Waals surface area contributed by atoms with E-state index >= 15 is 0 Å². The summed E-state index contributed by atoms with van der Waals surface area (Å²) in [6.45, 7) is 0.983. The molecular weight excluding hydrogens is 356 g/mol. The quantitative estimate of drug-likeness (QED) is 0.641. The van der Waals surface area contributed by atoms with Gasteiger partial charge < -0.3 is 14.6 Å². The first-order valence-corrected chi connectivity index (χ1v) is 9.00. The van der Waals surface area contributed by atoms with Crippen LogP contribution in [0.1, 0.15) is 22.8 Å². The zero-order valence-corrected chi connectivity index (χ0v) is 15.8. The number of benzene rings is 2. The van der Waals surface area contributed by atoms with Gasteiger partial charge in [0.1, 0.15) is 0 Å². The van der Waals surface area contributed by atoms with E-state index in [4.69, 9.17) is 4.74 Å². The zero-order chi connectivity index (χ0) is 20.1. The molecule has 3 aromatic rings. The van der Waals surface area contributed by atoms with Crippen LogP contribution in [0.25, 0.3) is 10.9 Å². The summed E-state index contributed by atoms with van der Waals surface area (Å²) >= 11 is 0. The van der Waals surface area contributed by atoms with Crippen LogP contribution >= 0.6 is 0 Å². The summed E-state index contributed by atoms with van der Waals surface area (Å²) in [5.74, 6) is -1.24. The Hall–Kier alpha value is -3.41. The molecule has 1 aromatic heterocycles. The van der Waals surface area contributed by atoms with Crippen LogP contribution in [0.2, 0.25) is 0 Å². The van der Waals surface area contributed by atoms with Crippen LogP contribution < -0.4 is 5.32 Å². The highest BCUT2D eigenvalue weighted by Gasteiger charge is 2.20. The van der Waals surface area contributed by atoms with E-state index < -0.39 is 24.5 Å². The lowest BCUT2D eigenvalue weighted by molar-refractivity contribution is -0.128. The second-order valence-electron chi connectivity index (χ2n) is 6.67. The topological polar surface area (TPSA) is 77.4 Å². The predicted molar refractivity (Wildman–Crippen MR) is 106 cm³/mol. The van der Waals surface area contributed by atoms with Gasteiger partial charge in [0.25, 0.3) is 5.91 Å². The molecule has 1 atom stereocenters. The fraction of sp³-hybridized carbons (Fsp3) is 0.227. The molecule has 144 valence electrons. The lowest BCUT2D eigenvalue weighted by Gasteiger charge is -2.16. The second kappa shape index (κ2) is 8.52. The number of nitrogens with one attached hydrogen (secondary N) is 1. The molecule has 1 N–H and O–H groups in total. The average molecular weight is 378 g/mol. The van der Waals surface area contributed by atoms with Gasteiger partial charge in [-0.25, -0.2) is 4.79 Å². The molecule has 0 saturated carbocycles. The maximum atomic E-state index is 12.4. The van der Waals surface area contributed by atoms with E-state index in [2.05, 4.69) is 5.32 Å². The van der Waals surface area contributed by atoms with E-state index in [0.717, 1.165) is 16.5 Å². The Morgan fingerprint density at radius 2 is 1.71 bits per heavy atom. The van der Waals surface area contributed by atoms with Gasteiger partial charge in [-0.3, -0.25) is 9.59 Å². The SMILES string of the molecule is CC(=O)[C@@H](Cc1ccccc1)NC(=O)COC(=O)c1cn(C)c2ccccc12. The lowest BCUT2D eigenvalue weighted by atomic mass is 10.0. The highest BCUT2D eigenvalue weighted by molar-refractivity contribution is 6.04. The van der Waals surface area contributed by atoms with Crippen molar-refractivity contribution in [3.8, 4) is 0 Å². The van der Waals surface area contributed by atoms with Gasteiger partial charge in [-0.15, -0.1) is 0 Å².